The Morgan fingerprint density at radius 3 is 2.52 bits per heavy atom. The first-order chi connectivity index (χ1) is 14.7. The van der Waals surface area contributed by atoms with Gasteiger partial charge in [0.25, 0.3) is 11.8 Å². The highest BCUT2D eigenvalue weighted by molar-refractivity contribution is 7.89. The number of carbonyl (C=O) groups excluding carboxylic acids is 3. The monoisotopic (exact) mass is 461 g/mol. The highest BCUT2D eigenvalue weighted by Gasteiger charge is 2.37. The molecule has 1 unspecified atom stereocenters. The molecule has 3 amide bonds. The van der Waals surface area contributed by atoms with Crippen molar-refractivity contribution >= 4 is 45.0 Å². The summed E-state index contributed by atoms with van der Waals surface area (Å²) in [6.45, 7) is 0.339. The van der Waals surface area contributed by atoms with Crippen molar-refractivity contribution in [2.24, 2.45) is 5.92 Å². The number of carbonyl (C=O) groups is 3. The molecule has 0 aromatic heterocycles. The lowest BCUT2D eigenvalue weighted by molar-refractivity contribution is -0.120. The number of amides is 3. The Morgan fingerprint density at radius 2 is 1.81 bits per heavy atom. The average molecular weight is 462 g/mol. The fraction of sp³-hybridized carbons (Fsp3) is 0.286. The minimum atomic E-state index is -3.76. The lowest BCUT2D eigenvalue weighted by Crippen LogP contribution is -2.43. The van der Waals surface area contributed by atoms with Crippen molar-refractivity contribution < 1.29 is 22.8 Å². The number of imide groups is 1. The van der Waals surface area contributed by atoms with Crippen LogP contribution in [0, 0.1) is 5.92 Å². The number of sulfonamides is 1. The fourth-order valence-corrected chi connectivity index (χ4v) is 5.52. The van der Waals surface area contributed by atoms with E-state index in [2.05, 4.69) is 5.32 Å². The minimum absolute atomic E-state index is 0.0264. The maximum atomic E-state index is 13.0. The number of rotatable bonds is 4. The van der Waals surface area contributed by atoms with Crippen LogP contribution in [-0.4, -0.2) is 55.5 Å². The SMILES string of the molecule is CN1C(=O)c2cccc(NC(=O)C3CCCN(S(=O)(=O)c4ccc(Cl)cc4)C3)c2C1=O. The van der Waals surface area contributed by atoms with Gasteiger partial charge in [-0.15, -0.1) is 0 Å². The van der Waals surface area contributed by atoms with Crippen LogP contribution >= 0.6 is 11.6 Å². The van der Waals surface area contributed by atoms with Crippen LogP contribution in [0.15, 0.2) is 47.4 Å². The van der Waals surface area contributed by atoms with E-state index in [-0.39, 0.29) is 34.2 Å². The Bertz CT molecular complexity index is 1180. The normalized spacial score (nSPS) is 19.4. The Labute approximate surface area is 184 Å². The van der Waals surface area contributed by atoms with E-state index in [4.69, 9.17) is 11.6 Å². The first-order valence-corrected chi connectivity index (χ1v) is 11.5. The number of halogens is 1. The molecule has 0 aliphatic carbocycles. The third kappa shape index (κ3) is 3.84. The van der Waals surface area contributed by atoms with E-state index in [1.54, 1.807) is 12.1 Å². The van der Waals surface area contributed by atoms with Crippen LogP contribution in [-0.2, 0) is 14.8 Å². The van der Waals surface area contributed by atoms with Crippen molar-refractivity contribution in [3.63, 3.8) is 0 Å². The molecular formula is C21H20ClN3O5S. The van der Waals surface area contributed by atoms with Gasteiger partial charge in [-0.3, -0.25) is 19.3 Å². The fourth-order valence-electron chi connectivity index (χ4n) is 3.87. The molecule has 1 N–H and O–H groups in total. The molecule has 0 saturated carbocycles. The maximum Gasteiger partial charge on any atom is 0.263 e. The molecule has 2 aliphatic rings. The molecule has 0 bridgehead atoms. The highest BCUT2D eigenvalue weighted by Crippen LogP contribution is 2.30. The van der Waals surface area contributed by atoms with Crippen LogP contribution in [0.25, 0.3) is 0 Å². The molecule has 1 saturated heterocycles. The van der Waals surface area contributed by atoms with E-state index < -0.39 is 27.8 Å². The third-order valence-corrected chi connectivity index (χ3v) is 7.71. The second-order valence-electron chi connectivity index (χ2n) is 7.54. The van der Waals surface area contributed by atoms with Gasteiger partial charge in [0, 0.05) is 25.2 Å². The van der Waals surface area contributed by atoms with E-state index in [9.17, 15) is 22.8 Å². The van der Waals surface area contributed by atoms with Crippen LogP contribution in [0.5, 0.6) is 0 Å². The Hall–Kier alpha value is -2.75. The second kappa shape index (κ2) is 8.07. The number of hydrogen-bond acceptors (Lipinski definition) is 5. The van der Waals surface area contributed by atoms with E-state index >= 15 is 0 Å². The van der Waals surface area contributed by atoms with Gasteiger partial charge in [0.15, 0.2) is 0 Å². The van der Waals surface area contributed by atoms with Crippen molar-refractivity contribution in [3.05, 3.63) is 58.6 Å². The van der Waals surface area contributed by atoms with Gasteiger partial charge in [0.2, 0.25) is 15.9 Å². The van der Waals surface area contributed by atoms with E-state index in [1.165, 1.54) is 41.7 Å². The molecule has 2 heterocycles. The third-order valence-electron chi connectivity index (χ3n) is 5.58. The summed E-state index contributed by atoms with van der Waals surface area (Å²) in [6.07, 6.45) is 1.04. The maximum absolute atomic E-state index is 13.0. The first-order valence-electron chi connectivity index (χ1n) is 9.72. The summed E-state index contributed by atoms with van der Waals surface area (Å²) < 4.78 is 27.2. The predicted octanol–water partition coefficient (Wildman–Crippen LogP) is 2.61. The number of benzene rings is 2. The van der Waals surface area contributed by atoms with Crippen LogP contribution in [0.3, 0.4) is 0 Å². The van der Waals surface area contributed by atoms with Gasteiger partial charge < -0.3 is 5.32 Å². The minimum Gasteiger partial charge on any atom is -0.325 e. The molecule has 2 aromatic rings. The van der Waals surface area contributed by atoms with Crippen LogP contribution in [0.1, 0.15) is 33.6 Å². The average Bonchev–Trinajstić information content (AvgIpc) is 2.99. The first kappa shape index (κ1) is 21.5. The lowest BCUT2D eigenvalue weighted by Gasteiger charge is -2.31. The standard InChI is InChI=1S/C21H20ClN3O5S/c1-24-20(27)16-5-2-6-17(18(16)21(24)28)23-19(26)13-4-3-11-25(12-13)31(29,30)15-9-7-14(22)8-10-15/h2,5-10,13H,3-4,11-12H2,1H3,(H,23,26). The van der Waals surface area contributed by atoms with Gasteiger partial charge in [-0.2, -0.15) is 4.31 Å². The lowest BCUT2D eigenvalue weighted by atomic mass is 9.98. The zero-order valence-electron chi connectivity index (χ0n) is 16.7. The predicted molar refractivity (Wildman–Crippen MR) is 114 cm³/mol. The van der Waals surface area contributed by atoms with Gasteiger partial charge in [-0.05, 0) is 49.2 Å². The quantitative estimate of drug-likeness (QED) is 0.705. The van der Waals surface area contributed by atoms with Gasteiger partial charge >= 0.3 is 0 Å². The van der Waals surface area contributed by atoms with Gasteiger partial charge in [-0.25, -0.2) is 8.42 Å². The van der Waals surface area contributed by atoms with Crippen molar-refractivity contribution in [1.82, 2.24) is 9.21 Å². The number of hydrogen-bond donors (Lipinski definition) is 1. The molecule has 162 valence electrons. The zero-order chi connectivity index (χ0) is 22.3. The summed E-state index contributed by atoms with van der Waals surface area (Å²) in [5, 5.41) is 3.16. The summed E-state index contributed by atoms with van der Waals surface area (Å²) in [4.78, 5) is 38.6. The number of piperidine rings is 1. The van der Waals surface area contributed by atoms with Gasteiger partial charge in [0.1, 0.15) is 0 Å². The molecule has 1 atom stereocenters. The summed E-state index contributed by atoms with van der Waals surface area (Å²) in [5.41, 5.74) is 0.647. The Morgan fingerprint density at radius 1 is 1.10 bits per heavy atom. The smallest absolute Gasteiger partial charge is 0.263 e. The van der Waals surface area contributed by atoms with Crippen LogP contribution in [0.2, 0.25) is 5.02 Å². The van der Waals surface area contributed by atoms with Gasteiger partial charge in [-0.1, -0.05) is 17.7 Å². The largest absolute Gasteiger partial charge is 0.325 e. The molecule has 4 rings (SSSR count). The topological polar surface area (TPSA) is 104 Å². The Kier molecular flexibility index (Phi) is 5.59. The van der Waals surface area contributed by atoms with Crippen molar-refractivity contribution in [1.29, 1.82) is 0 Å². The number of nitrogens with zero attached hydrogens (tertiary/aromatic N) is 2. The summed E-state index contributed by atoms with van der Waals surface area (Å²) in [6, 6.07) is 10.6. The summed E-state index contributed by atoms with van der Waals surface area (Å²) in [5.74, 6) is -1.88. The van der Waals surface area contributed by atoms with Crippen molar-refractivity contribution in [2.45, 2.75) is 17.7 Å². The summed E-state index contributed by atoms with van der Waals surface area (Å²) >= 11 is 5.85. The van der Waals surface area contributed by atoms with Crippen LogP contribution in [0.4, 0.5) is 5.69 Å². The van der Waals surface area contributed by atoms with Gasteiger partial charge in [0.05, 0.1) is 27.6 Å². The van der Waals surface area contributed by atoms with E-state index in [0.717, 1.165) is 4.90 Å². The summed E-state index contributed by atoms with van der Waals surface area (Å²) in [7, 11) is -2.38. The Balaban J connectivity index is 1.53. The molecule has 1 fully saturated rings. The molecule has 31 heavy (non-hydrogen) atoms. The molecular weight excluding hydrogens is 442 g/mol. The number of anilines is 1. The molecule has 8 nitrogen and oxygen atoms in total. The number of fused-ring (bicyclic) bond motifs is 1. The van der Waals surface area contributed by atoms with Crippen LogP contribution < -0.4 is 5.32 Å². The molecule has 2 aromatic carbocycles. The molecule has 0 radical (unpaired) electrons. The molecule has 0 spiro atoms. The van der Waals surface area contributed by atoms with Crippen molar-refractivity contribution in [3.8, 4) is 0 Å². The van der Waals surface area contributed by atoms with E-state index in [0.29, 0.717) is 24.4 Å². The molecule has 2 aliphatic heterocycles. The van der Waals surface area contributed by atoms with Crippen molar-refractivity contribution in [2.75, 3.05) is 25.5 Å². The highest BCUT2D eigenvalue weighted by atomic mass is 35.5. The second-order valence-corrected chi connectivity index (χ2v) is 9.92. The number of nitrogens with one attached hydrogen (secondary N) is 1. The zero-order valence-corrected chi connectivity index (χ0v) is 18.2. The van der Waals surface area contributed by atoms with E-state index in [1.807, 2.05) is 0 Å². The molecule has 10 heteroatoms.